The molecule has 0 bridgehead atoms. The first-order valence-electron chi connectivity index (χ1n) is 6.52. The van der Waals surface area contributed by atoms with Crippen molar-refractivity contribution < 1.29 is 23.1 Å². The molecule has 4 nitrogen and oxygen atoms in total. The molecule has 1 atom stereocenters. The van der Waals surface area contributed by atoms with Gasteiger partial charge in [0.1, 0.15) is 0 Å². The highest BCUT2D eigenvalue weighted by Gasteiger charge is 2.19. The van der Waals surface area contributed by atoms with Gasteiger partial charge in [-0.2, -0.15) is 5.26 Å². The third-order valence-electron chi connectivity index (χ3n) is 3.15. The Balaban J connectivity index is 2.25. The Kier molecular flexibility index (Phi) is 4.98. The maximum atomic E-state index is 13.3. The molecule has 0 aliphatic rings. The van der Waals surface area contributed by atoms with Gasteiger partial charge < -0.3 is 10.4 Å². The molecule has 0 aliphatic heterocycles. The number of benzene rings is 2. The van der Waals surface area contributed by atoms with Crippen LogP contribution in [0.4, 0.5) is 13.2 Å². The van der Waals surface area contributed by atoms with Crippen LogP contribution < -0.4 is 5.32 Å². The minimum atomic E-state index is -1.63. The number of rotatable bonds is 4. The van der Waals surface area contributed by atoms with Crippen LogP contribution in [0, 0.1) is 28.8 Å². The number of hydrogen-bond acceptors (Lipinski definition) is 3. The summed E-state index contributed by atoms with van der Waals surface area (Å²) in [5.74, 6) is -5.11. The highest BCUT2D eigenvalue weighted by atomic mass is 19.2. The van der Waals surface area contributed by atoms with E-state index in [-0.39, 0.29) is 16.7 Å². The first kappa shape index (κ1) is 16.5. The topological polar surface area (TPSA) is 73.1 Å². The van der Waals surface area contributed by atoms with Gasteiger partial charge >= 0.3 is 0 Å². The fourth-order valence-electron chi connectivity index (χ4n) is 1.98. The largest absolute Gasteiger partial charge is 0.394 e. The number of aliphatic hydroxyl groups is 1. The summed E-state index contributed by atoms with van der Waals surface area (Å²) in [7, 11) is 0. The van der Waals surface area contributed by atoms with Crippen LogP contribution in [0.1, 0.15) is 27.5 Å². The van der Waals surface area contributed by atoms with E-state index in [1.165, 1.54) is 24.3 Å². The van der Waals surface area contributed by atoms with Gasteiger partial charge in [0.2, 0.25) is 0 Å². The first-order valence-corrected chi connectivity index (χ1v) is 6.52. The minimum Gasteiger partial charge on any atom is -0.394 e. The second-order valence-electron chi connectivity index (χ2n) is 4.70. The lowest BCUT2D eigenvalue weighted by Crippen LogP contribution is -2.31. The van der Waals surface area contributed by atoms with Gasteiger partial charge in [-0.25, -0.2) is 13.2 Å². The second kappa shape index (κ2) is 6.94. The maximum Gasteiger partial charge on any atom is 0.251 e. The number of nitrogens with zero attached hydrogens (tertiary/aromatic N) is 1. The van der Waals surface area contributed by atoms with Crippen molar-refractivity contribution in [2.24, 2.45) is 0 Å². The zero-order valence-corrected chi connectivity index (χ0v) is 11.7. The van der Waals surface area contributed by atoms with E-state index in [0.29, 0.717) is 12.1 Å². The second-order valence-corrected chi connectivity index (χ2v) is 4.70. The lowest BCUT2D eigenvalue weighted by molar-refractivity contribution is 0.0916. The van der Waals surface area contributed by atoms with Crippen LogP contribution in [0.25, 0.3) is 0 Å². The molecule has 23 heavy (non-hydrogen) atoms. The van der Waals surface area contributed by atoms with Crippen molar-refractivity contribution >= 4 is 5.91 Å². The minimum absolute atomic E-state index is 0.117. The van der Waals surface area contributed by atoms with Crippen LogP contribution in [-0.2, 0) is 0 Å². The van der Waals surface area contributed by atoms with Crippen molar-refractivity contribution in [2.75, 3.05) is 6.61 Å². The van der Waals surface area contributed by atoms with E-state index in [4.69, 9.17) is 5.26 Å². The number of carbonyl (C=O) groups is 1. The molecule has 0 spiro atoms. The Morgan fingerprint density at radius 2 is 1.87 bits per heavy atom. The van der Waals surface area contributed by atoms with Crippen molar-refractivity contribution in [3.8, 4) is 6.07 Å². The van der Waals surface area contributed by atoms with Crippen LogP contribution in [0.15, 0.2) is 36.4 Å². The molecule has 0 saturated carbocycles. The molecule has 7 heteroatoms. The molecule has 0 fully saturated rings. The van der Waals surface area contributed by atoms with Gasteiger partial charge in [0, 0.05) is 5.56 Å². The summed E-state index contributed by atoms with van der Waals surface area (Å²) >= 11 is 0. The van der Waals surface area contributed by atoms with Crippen molar-refractivity contribution in [3.05, 3.63) is 70.5 Å². The molecule has 0 heterocycles. The molecule has 2 rings (SSSR count). The molecule has 118 valence electrons. The van der Waals surface area contributed by atoms with Crippen molar-refractivity contribution in [2.45, 2.75) is 6.04 Å². The predicted octanol–water partition coefficient (Wildman–Crippen LogP) is 2.44. The van der Waals surface area contributed by atoms with Crippen molar-refractivity contribution in [3.63, 3.8) is 0 Å². The maximum absolute atomic E-state index is 13.3. The van der Waals surface area contributed by atoms with E-state index in [0.717, 1.165) is 0 Å². The van der Waals surface area contributed by atoms with E-state index in [1.807, 2.05) is 6.07 Å². The Hall–Kier alpha value is -2.85. The van der Waals surface area contributed by atoms with Crippen LogP contribution in [0.3, 0.4) is 0 Å². The molecular weight excluding hydrogens is 309 g/mol. The van der Waals surface area contributed by atoms with E-state index < -0.39 is 36.0 Å². The molecule has 0 saturated heterocycles. The van der Waals surface area contributed by atoms with Crippen LogP contribution >= 0.6 is 0 Å². The summed E-state index contributed by atoms with van der Waals surface area (Å²) in [6.07, 6.45) is 0. The average molecular weight is 320 g/mol. The van der Waals surface area contributed by atoms with E-state index in [9.17, 15) is 23.1 Å². The van der Waals surface area contributed by atoms with Gasteiger partial charge in [0.05, 0.1) is 24.3 Å². The number of hydrogen-bond donors (Lipinski definition) is 2. The molecule has 2 aromatic carbocycles. The Morgan fingerprint density at radius 1 is 1.22 bits per heavy atom. The molecule has 1 amide bonds. The van der Waals surface area contributed by atoms with E-state index >= 15 is 0 Å². The Morgan fingerprint density at radius 3 is 2.43 bits per heavy atom. The Bertz CT molecular complexity index is 764. The van der Waals surface area contributed by atoms with Gasteiger partial charge in [-0.1, -0.05) is 6.07 Å². The monoisotopic (exact) mass is 320 g/mol. The highest BCUT2D eigenvalue weighted by molar-refractivity contribution is 5.94. The van der Waals surface area contributed by atoms with Gasteiger partial charge in [-0.3, -0.25) is 4.79 Å². The summed E-state index contributed by atoms with van der Waals surface area (Å²) < 4.78 is 39.5. The first-order chi connectivity index (χ1) is 11.0. The number of halogens is 3. The molecule has 1 unspecified atom stereocenters. The summed E-state index contributed by atoms with van der Waals surface area (Å²) in [6, 6.07) is 7.92. The number of aliphatic hydroxyl groups excluding tert-OH is 1. The lowest BCUT2D eigenvalue weighted by Gasteiger charge is -2.17. The zero-order valence-electron chi connectivity index (χ0n) is 11.7. The third-order valence-corrected chi connectivity index (χ3v) is 3.15. The number of amides is 1. The van der Waals surface area contributed by atoms with Crippen LogP contribution in [-0.4, -0.2) is 17.6 Å². The highest BCUT2D eigenvalue weighted by Crippen LogP contribution is 2.20. The fraction of sp³-hybridized carbons (Fsp3) is 0.125. The van der Waals surface area contributed by atoms with Gasteiger partial charge in [-0.05, 0) is 35.9 Å². The van der Waals surface area contributed by atoms with Crippen LogP contribution in [0.5, 0.6) is 0 Å². The van der Waals surface area contributed by atoms with Gasteiger partial charge in [-0.15, -0.1) is 0 Å². The normalized spacial score (nSPS) is 11.6. The fourth-order valence-corrected chi connectivity index (χ4v) is 1.98. The van der Waals surface area contributed by atoms with E-state index in [2.05, 4.69) is 5.32 Å². The quantitative estimate of drug-likeness (QED) is 0.850. The summed E-state index contributed by atoms with van der Waals surface area (Å²) in [5, 5.41) is 20.5. The molecule has 0 radical (unpaired) electrons. The molecule has 0 aromatic heterocycles. The molecule has 2 aromatic rings. The predicted molar refractivity (Wildman–Crippen MR) is 74.8 cm³/mol. The van der Waals surface area contributed by atoms with Gasteiger partial charge in [0.25, 0.3) is 5.91 Å². The summed E-state index contributed by atoms with van der Waals surface area (Å²) in [5.41, 5.74) is 0.288. The summed E-state index contributed by atoms with van der Waals surface area (Å²) in [6.45, 7) is -0.645. The number of carbonyl (C=O) groups excluding carboxylic acids is 1. The van der Waals surface area contributed by atoms with Crippen molar-refractivity contribution in [1.82, 2.24) is 5.32 Å². The lowest BCUT2D eigenvalue weighted by atomic mass is 10.1. The Labute approximate surface area is 129 Å². The van der Waals surface area contributed by atoms with Crippen LogP contribution in [0.2, 0.25) is 0 Å². The SMILES string of the molecule is N#Cc1cccc(C(=O)NC(CO)c2cc(F)c(F)c(F)c2)c1. The number of nitrogens with one attached hydrogen (secondary N) is 1. The smallest absolute Gasteiger partial charge is 0.251 e. The molecule has 0 aliphatic carbocycles. The standard InChI is InChI=1S/C16H11F3N2O2/c17-12-5-11(6-13(18)15(12)19)14(8-22)21-16(23)10-3-1-2-9(4-10)7-20/h1-6,14,22H,8H2,(H,21,23). The molecule has 2 N–H and O–H groups in total. The third kappa shape index (κ3) is 3.67. The molecular formula is C16H11F3N2O2. The number of nitriles is 1. The van der Waals surface area contributed by atoms with Crippen molar-refractivity contribution in [1.29, 1.82) is 5.26 Å². The van der Waals surface area contributed by atoms with Gasteiger partial charge in [0.15, 0.2) is 17.5 Å². The zero-order chi connectivity index (χ0) is 17.0. The average Bonchev–Trinajstić information content (AvgIpc) is 2.56. The summed E-state index contributed by atoms with van der Waals surface area (Å²) in [4.78, 5) is 12.1. The van der Waals surface area contributed by atoms with E-state index in [1.54, 1.807) is 0 Å².